The molecule has 1 aliphatic rings. The molecule has 0 aromatic heterocycles. The average molecular weight is 364 g/mol. The molecule has 0 amide bonds. The first kappa shape index (κ1) is 20.6. The normalized spacial score (nSPS) is 20.8. The van der Waals surface area contributed by atoms with Gasteiger partial charge in [-0.2, -0.15) is 5.26 Å². The monoisotopic (exact) mass is 363 g/mol. The summed E-state index contributed by atoms with van der Waals surface area (Å²) in [5, 5.41) is 12.2. The van der Waals surface area contributed by atoms with Gasteiger partial charge < -0.3 is 15.8 Å². The number of alkyl halides is 3. The summed E-state index contributed by atoms with van der Waals surface area (Å²) >= 11 is 0. The highest BCUT2D eigenvalue weighted by Crippen LogP contribution is 2.39. The zero-order valence-electron chi connectivity index (χ0n) is 13.1. The molecule has 0 saturated heterocycles. The van der Waals surface area contributed by atoms with Crippen LogP contribution in [0.5, 0.6) is 5.75 Å². The van der Waals surface area contributed by atoms with Gasteiger partial charge in [0.1, 0.15) is 5.75 Å². The fourth-order valence-corrected chi connectivity index (χ4v) is 3.05. The summed E-state index contributed by atoms with van der Waals surface area (Å²) in [6, 6.07) is 6.49. The lowest BCUT2D eigenvalue weighted by molar-refractivity contribution is -0.275. The number of nitriles is 1. The van der Waals surface area contributed by atoms with Crippen molar-refractivity contribution in [2.45, 2.75) is 44.0 Å². The van der Waals surface area contributed by atoms with Crippen molar-refractivity contribution in [2.24, 2.45) is 5.73 Å². The molecule has 1 aromatic rings. The first-order chi connectivity index (χ1) is 10.9. The highest BCUT2D eigenvalue weighted by molar-refractivity contribution is 5.85. The van der Waals surface area contributed by atoms with Crippen molar-refractivity contribution in [2.75, 3.05) is 13.1 Å². The van der Waals surface area contributed by atoms with Gasteiger partial charge >= 0.3 is 6.36 Å². The lowest BCUT2D eigenvalue weighted by Gasteiger charge is -2.30. The van der Waals surface area contributed by atoms with Crippen LogP contribution in [0.4, 0.5) is 13.2 Å². The van der Waals surface area contributed by atoms with E-state index in [1.54, 1.807) is 6.07 Å². The molecule has 2 rings (SSSR count). The molecule has 24 heavy (non-hydrogen) atoms. The zero-order valence-corrected chi connectivity index (χ0v) is 13.9. The summed E-state index contributed by atoms with van der Waals surface area (Å²) < 4.78 is 41.9. The molecular weight excluding hydrogens is 343 g/mol. The fourth-order valence-electron chi connectivity index (χ4n) is 3.05. The maximum Gasteiger partial charge on any atom is 0.573 e. The van der Waals surface area contributed by atoms with Gasteiger partial charge in [0, 0.05) is 19.1 Å². The molecule has 0 radical (unpaired) electrons. The molecule has 1 saturated carbocycles. The highest BCUT2D eigenvalue weighted by Gasteiger charge is 2.34. The molecule has 0 unspecified atom stereocenters. The Labute approximate surface area is 145 Å². The molecular formula is C16H21ClF3N3O. The molecule has 0 aliphatic heterocycles. The Balaban J connectivity index is 0.00000288. The number of halogens is 4. The number of nitrogens with zero attached hydrogens (tertiary/aromatic N) is 1. The maximum absolute atomic E-state index is 12.6. The van der Waals surface area contributed by atoms with Gasteiger partial charge in [0.15, 0.2) is 0 Å². The summed E-state index contributed by atoms with van der Waals surface area (Å²) in [6.45, 7) is 1.31. The molecule has 134 valence electrons. The Morgan fingerprint density at radius 3 is 2.46 bits per heavy atom. The molecule has 0 bridgehead atoms. The number of hydrogen-bond acceptors (Lipinski definition) is 4. The van der Waals surface area contributed by atoms with Crippen LogP contribution in [0.25, 0.3) is 0 Å². The zero-order chi connectivity index (χ0) is 16.9. The number of hydrogen-bond donors (Lipinski definition) is 2. The number of benzene rings is 1. The Hall–Kier alpha value is -1.49. The summed E-state index contributed by atoms with van der Waals surface area (Å²) in [4.78, 5) is 0. The largest absolute Gasteiger partial charge is 0.573 e. The van der Waals surface area contributed by atoms with Crippen LogP contribution < -0.4 is 15.8 Å². The molecule has 0 atom stereocenters. The van der Waals surface area contributed by atoms with Gasteiger partial charge in [-0.25, -0.2) is 0 Å². The fraction of sp³-hybridized carbons (Fsp3) is 0.562. The quantitative estimate of drug-likeness (QED) is 0.840. The summed E-state index contributed by atoms with van der Waals surface area (Å²) in [7, 11) is 0. The van der Waals surface area contributed by atoms with Crippen molar-refractivity contribution in [3.63, 3.8) is 0 Å². The summed E-state index contributed by atoms with van der Waals surface area (Å²) in [6.07, 6.45) is -1.43. The Bertz CT molecular complexity index is 567. The minimum atomic E-state index is -4.76. The SMILES string of the molecule is Cl.N#Cc1ccc(C2CCC(NCCN)CC2)c(OC(F)(F)F)c1. The van der Waals surface area contributed by atoms with Crippen molar-refractivity contribution in [3.8, 4) is 11.8 Å². The summed E-state index contributed by atoms with van der Waals surface area (Å²) in [5.74, 6) is -0.245. The van der Waals surface area contributed by atoms with Crippen LogP contribution in [0.2, 0.25) is 0 Å². The maximum atomic E-state index is 12.6. The van der Waals surface area contributed by atoms with Gasteiger partial charge in [0.2, 0.25) is 0 Å². The van der Waals surface area contributed by atoms with Crippen molar-refractivity contribution >= 4 is 12.4 Å². The third kappa shape index (κ3) is 5.86. The van der Waals surface area contributed by atoms with E-state index in [4.69, 9.17) is 11.0 Å². The van der Waals surface area contributed by atoms with E-state index in [-0.39, 0.29) is 29.6 Å². The summed E-state index contributed by atoms with van der Waals surface area (Å²) in [5.41, 5.74) is 6.14. The van der Waals surface area contributed by atoms with E-state index >= 15 is 0 Å². The molecule has 0 heterocycles. The highest BCUT2D eigenvalue weighted by atomic mass is 35.5. The van der Waals surface area contributed by atoms with Gasteiger partial charge in [-0.3, -0.25) is 0 Å². The van der Waals surface area contributed by atoms with Gasteiger partial charge in [-0.05, 0) is 49.3 Å². The molecule has 4 nitrogen and oxygen atoms in total. The van der Waals surface area contributed by atoms with E-state index in [1.807, 2.05) is 6.07 Å². The Kier molecular flexibility index (Phi) is 7.80. The Morgan fingerprint density at radius 2 is 1.92 bits per heavy atom. The second-order valence-corrected chi connectivity index (χ2v) is 5.70. The standard InChI is InChI=1S/C16H20F3N3O.ClH/c17-16(18,19)23-15-9-11(10-21)1-6-14(15)12-2-4-13(5-3-12)22-8-7-20;/h1,6,9,12-13,22H,2-5,7-8,20H2;1H. The first-order valence-electron chi connectivity index (χ1n) is 7.66. The van der Waals surface area contributed by atoms with Gasteiger partial charge in [-0.15, -0.1) is 25.6 Å². The topological polar surface area (TPSA) is 71.1 Å². The van der Waals surface area contributed by atoms with E-state index in [2.05, 4.69) is 10.1 Å². The minimum Gasteiger partial charge on any atom is -0.405 e. The number of rotatable bonds is 5. The van der Waals surface area contributed by atoms with E-state index in [1.165, 1.54) is 12.1 Å². The Morgan fingerprint density at radius 1 is 1.25 bits per heavy atom. The van der Waals surface area contributed by atoms with Crippen molar-refractivity contribution in [3.05, 3.63) is 29.3 Å². The number of nitrogens with two attached hydrogens (primary N) is 1. The van der Waals surface area contributed by atoms with Gasteiger partial charge in [0.05, 0.1) is 11.6 Å². The predicted molar refractivity (Wildman–Crippen MR) is 87.1 cm³/mol. The number of ether oxygens (including phenoxy) is 1. The van der Waals surface area contributed by atoms with Gasteiger partial charge in [0.25, 0.3) is 0 Å². The van der Waals surface area contributed by atoms with Crippen molar-refractivity contribution in [1.29, 1.82) is 5.26 Å². The molecule has 1 aromatic carbocycles. The third-order valence-electron chi connectivity index (χ3n) is 4.11. The molecule has 0 spiro atoms. The van der Waals surface area contributed by atoms with E-state index in [9.17, 15) is 13.2 Å². The van der Waals surface area contributed by atoms with Crippen LogP contribution in [-0.4, -0.2) is 25.5 Å². The molecule has 8 heteroatoms. The first-order valence-corrected chi connectivity index (χ1v) is 7.66. The van der Waals surface area contributed by atoms with Crippen LogP contribution in [-0.2, 0) is 0 Å². The second-order valence-electron chi connectivity index (χ2n) is 5.70. The molecule has 1 fully saturated rings. The van der Waals surface area contributed by atoms with Crippen LogP contribution in [0, 0.1) is 11.3 Å². The molecule has 1 aliphatic carbocycles. The lowest BCUT2D eigenvalue weighted by atomic mass is 9.81. The van der Waals surface area contributed by atoms with Crippen molar-refractivity contribution in [1.82, 2.24) is 5.32 Å². The average Bonchev–Trinajstić information content (AvgIpc) is 2.52. The second kappa shape index (κ2) is 9.11. The minimum absolute atomic E-state index is 0. The van der Waals surface area contributed by atoms with E-state index < -0.39 is 6.36 Å². The van der Waals surface area contributed by atoms with Crippen LogP contribution in [0.3, 0.4) is 0 Å². The van der Waals surface area contributed by atoms with Crippen LogP contribution in [0.1, 0.15) is 42.7 Å². The van der Waals surface area contributed by atoms with Gasteiger partial charge in [-0.1, -0.05) is 6.07 Å². The smallest absolute Gasteiger partial charge is 0.405 e. The number of nitrogens with one attached hydrogen (secondary N) is 1. The molecule has 3 N–H and O–H groups in total. The predicted octanol–water partition coefficient (Wildman–Crippen LogP) is 3.45. The van der Waals surface area contributed by atoms with Crippen LogP contribution >= 0.6 is 12.4 Å². The van der Waals surface area contributed by atoms with E-state index in [0.717, 1.165) is 32.2 Å². The third-order valence-corrected chi connectivity index (χ3v) is 4.11. The van der Waals surface area contributed by atoms with Crippen molar-refractivity contribution < 1.29 is 17.9 Å². The lowest BCUT2D eigenvalue weighted by Crippen LogP contribution is -2.36. The van der Waals surface area contributed by atoms with Crippen LogP contribution in [0.15, 0.2) is 18.2 Å². The van der Waals surface area contributed by atoms with E-state index in [0.29, 0.717) is 18.2 Å².